The summed E-state index contributed by atoms with van der Waals surface area (Å²) in [5, 5.41) is 12.1. The topological polar surface area (TPSA) is 49.3 Å². The summed E-state index contributed by atoms with van der Waals surface area (Å²) in [7, 11) is 1.74. The fraction of sp³-hybridized carbons (Fsp3) is 0.364. The molecule has 0 saturated carbocycles. The van der Waals surface area contributed by atoms with Gasteiger partial charge in [0, 0.05) is 5.56 Å². The Morgan fingerprint density at radius 3 is 2.43 bits per heavy atom. The Labute approximate surface area is 83.8 Å². The van der Waals surface area contributed by atoms with E-state index in [4.69, 9.17) is 0 Å². The van der Waals surface area contributed by atoms with Crippen LogP contribution in [0.25, 0.3) is 0 Å². The van der Waals surface area contributed by atoms with E-state index in [9.17, 15) is 9.90 Å². The molecule has 76 valence electrons. The molecule has 14 heavy (non-hydrogen) atoms. The highest BCUT2D eigenvalue weighted by atomic mass is 16.3. The van der Waals surface area contributed by atoms with Crippen molar-refractivity contribution >= 4 is 5.78 Å². The van der Waals surface area contributed by atoms with Gasteiger partial charge in [0.1, 0.15) is 0 Å². The Kier molecular flexibility index (Phi) is 3.80. The molecule has 0 aliphatic rings. The molecule has 3 heteroatoms. The molecule has 0 aromatic heterocycles. The number of rotatable bonds is 4. The van der Waals surface area contributed by atoms with Gasteiger partial charge in [-0.3, -0.25) is 4.79 Å². The highest BCUT2D eigenvalue weighted by Crippen LogP contribution is 2.12. The quantitative estimate of drug-likeness (QED) is 0.705. The Bertz CT molecular complexity index is 304. The fourth-order valence-corrected chi connectivity index (χ4v) is 1.21. The molecule has 0 fully saturated rings. The molecule has 0 bridgehead atoms. The average molecular weight is 193 g/mol. The van der Waals surface area contributed by atoms with Gasteiger partial charge in [0.25, 0.3) is 0 Å². The molecule has 3 nitrogen and oxygen atoms in total. The van der Waals surface area contributed by atoms with Crippen LogP contribution in [0, 0.1) is 0 Å². The summed E-state index contributed by atoms with van der Waals surface area (Å²) < 4.78 is 0. The Hall–Kier alpha value is -1.19. The number of carbonyl (C=O) groups excluding carboxylic acids is 1. The van der Waals surface area contributed by atoms with E-state index in [1.165, 1.54) is 0 Å². The first-order valence-electron chi connectivity index (χ1n) is 4.61. The number of hydrogen-bond acceptors (Lipinski definition) is 3. The van der Waals surface area contributed by atoms with Crippen LogP contribution in [0.5, 0.6) is 0 Å². The predicted molar refractivity (Wildman–Crippen MR) is 55.3 cm³/mol. The van der Waals surface area contributed by atoms with Gasteiger partial charge < -0.3 is 10.4 Å². The van der Waals surface area contributed by atoms with E-state index in [0.29, 0.717) is 12.1 Å². The van der Waals surface area contributed by atoms with Crippen LogP contribution < -0.4 is 5.32 Å². The molecular weight excluding hydrogens is 178 g/mol. The van der Waals surface area contributed by atoms with Crippen molar-refractivity contribution in [3.8, 4) is 0 Å². The number of aliphatic hydroxyl groups excluding tert-OH is 1. The number of benzene rings is 1. The standard InChI is InChI=1S/C11H15NO2/c1-8(13)9-3-5-10(6-4-9)11(14)7-12-2/h3-6,8,12-13H,7H2,1-2H3. The minimum atomic E-state index is -0.483. The van der Waals surface area contributed by atoms with Crippen LogP contribution in [0.1, 0.15) is 28.9 Å². The number of hydrogen-bond donors (Lipinski definition) is 2. The molecule has 1 unspecified atom stereocenters. The van der Waals surface area contributed by atoms with E-state index < -0.39 is 6.10 Å². The number of likely N-dealkylation sites (N-methyl/N-ethyl adjacent to an activating group) is 1. The number of aliphatic hydroxyl groups is 1. The molecule has 0 aliphatic heterocycles. The SMILES string of the molecule is CNCC(=O)c1ccc(C(C)O)cc1. The first-order valence-corrected chi connectivity index (χ1v) is 4.61. The number of Topliss-reactive ketones (excluding diaryl/α,β-unsaturated/α-hetero) is 1. The van der Waals surface area contributed by atoms with Crippen molar-refractivity contribution in [2.45, 2.75) is 13.0 Å². The Morgan fingerprint density at radius 1 is 1.43 bits per heavy atom. The first-order chi connectivity index (χ1) is 6.65. The lowest BCUT2D eigenvalue weighted by Crippen LogP contribution is -2.18. The summed E-state index contributed by atoms with van der Waals surface area (Å²) in [5.74, 6) is 0.0599. The maximum absolute atomic E-state index is 11.4. The fourth-order valence-electron chi connectivity index (χ4n) is 1.21. The first kappa shape index (κ1) is 10.9. The van der Waals surface area contributed by atoms with Crippen LogP contribution in [0.4, 0.5) is 0 Å². The van der Waals surface area contributed by atoms with Crippen molar-refractivity contribution in [1.29, 1.82) is 0 Å². The van der Waals surface area contributed by atoms with Gasteiger partial charge in [-0.25, -0.2) is 0 Å². The normalized spacial score (nSPS) is 12.5. The number of ketones is 1. The van der Waals surface area contributed by atoms with E-state index in [1.807, 2.05) is 0 Å². The molecule has 0 heterocycles. The average Bonchev–Trinajstić information content (AvgIpc) is 2.18. The third kappa shape index (κ3) is 2.65. The predicted octanol–water partition coefficient (Wildman–Crippen LogP) is 1.14. The summed E-state index contributed by atoms with van der Waals surface area (Å²) in [4.78, 5) is 11.4. The van der Waals surface area contributed by atoms with Gasteiger partial charge in [-0.05, 0) is 19.5 Å². The van der Waals surface area contributed by atoms with Crippen LogP contribution in [0.15, 0.2) is 24.3 Å². The molecular formula is C11H15NO2. The second kappa shape index (κ2) is 4.88. The summed E-state index contributed by atoms with van der Waals surface area (Å²) >= 11 is 0. The van der Waals surface area contributed by atoms with Crippen LogP contribution >= 0.6 is 0 Å². The van der Waals surface area contributed by atoms with E-state index >= 15 is 0 Å². The molecule has 2 N–H and O–H groups in total. The van der Waals surface area contributed by atoms with Gasteiger partial charge in [-0.1, -0.05) is 24.3 Å². The molecule has 1 aromatic carbocycles. The van der Waals surface area contributed by atoms with E-state index in [1.54, 1.807) is 38.2 Å². The molecule has 0 amide bonds. The summed E-state index contributed by atoms with van der Waals surface area (Å²) in [6.07, 6.45) is -0.483. The second-order valence-electron chi connectivity index (χ2n) is 3.25. The molecule has 0 saturated heterocycles. The minimum absolute atomic E-state index is 0.0599. The zero-order valence-corrected chi connectivity index (χ0v) is 8.45. The van der Waals surface area contributed by atoms with Crippen molar-refractivity contribution < 1.29 is 9.90 Å². The highest BCUT2D eigenvalue weighted by Gasteiger charge is 2.05. The largest absolute Gasteiger partial charge is 0.389 e. The van der Waals surface area contributed by atoms with Crippen LogP contribution in [-0.2, 0) is 0 Å². The molecule has 1 aromatic rings. The van der Waals surface area contributed by atoms with Crippen molar-refractivity contribution in [3.05, 3.63) is 35.4 Å². The van der Waals surface area contributed by atoms with Gasteiger partial charge in [0.2, 0.25) is 0 Å². The zero-order valence-electron chi connectivity index (χ0n) is 8.45. The maximum Gasteiger partial charge on any atom is 0.176 e. The molecule has 1 rings (SSSR count). The molecule has 1 atom stereocenters. The van der Waals surface area contributed by atoms with Crippen molar-refractivity contribution in [2.75, 3.05) is 13.6 Å². The van der Waals surface area contributed by atoms with Crippen LogP contribution in [0.2, 0.25) is 0 Å². The molecule has 0 radical (unpaired) electrons. The number of nitrogens with one attached hydrogen (secondary N) is 1. The summed E-state index contributed by atoms with van der Waals surface area (Å²) in [5.41, 5.74) is 1.50. The molecule has 0 aliphatic carbocycles. The second-order valence-corrected chi connectivity index (χ2v) is 3.25. The maximum atomic E-state index is 11.4. The summed E-state index contributed by atoms with van der Waals surface area (Å²) in [6.45, 7) is 2.04. The van der Waals surface area contributed by atoms with E-state index in [0.717, 1.165) is 5.56 Å². The van der Waals surface area contributed by atoms with Crippen LogP contribution in [0.3, 0.4) is 0 Å². The Morgan fingerprint density at radius 2 is 2.00 bits per heavy atom. The van der Waals surface area contributed by atoms with Gasteiger partial charge in [-0.2, -0.15) is 0 Å². The van der Waals surface area contributed by atoms with E-state index in [2.05, 4.69) is 5.32 Å². The number of carbonyl (C=O) groups is 1. The van der Waals surface area contributed by atoms with Gasteiger partial charge in [-0.15, -0.1) is 0 Å². The van der Waals surface area contributed by atoms with Crippen molar-refractivity contribution in [3.63, 3.8) is 0 Å². The minimum Gasteiger partial charge on any atom is -0.389 e. The third-order valence-corrected chi connectivity index (χ3v) is 2.05. The molecule has 0 spiro atoms. The van der Waals surface area contributed by atoms with Gasteiger partial charge in [0.05, 0.1) is 12.6 Å². The third-order valence-electron chi connectivity index (χ3n) is 2.05. The lowest BCUT2D eigenvalue weighted by molar-refractivity contribution is 0.0993. The Balaban J connectivity index is 2.78. The van der Waals surface area contributed by atoms with Crippen molar-refractivity contribution in [1.82, 2.24) is 5.32 Å². The smallest absolute Gasteiger partial charge is 0.176 e. The van der Waals surface area contributed by atoms with Gasteiger partial charge in [0.15, 0.2) is 5.78 Å². The highest BCUT2D eigenvalue weighted by molar-refractivity contribution is 5.97. The lowest BCUT2D eigenvalue weighted by Gasteiger charge is -2.05. The van der Waals surface area contributed by atoms with Gasteiger partial charge >= 0.3 is 0 Å². The zero-order chi connectivity index (χ0) is 10.6. The van der Waals surface area contributed by atoms with Crippen LogP contribution in [-0.4, -0.2) is 24.5 Å². The summed E-state index contributed by atoms with van der Waals surface area (Å²) in [6, 6.07) is 7.02. The van der Waals surface area contributed by atoms with E-state index in [-0.39, 0.29) is 5.78 Å². The monoisotopic (exact) mass is 193 g/mol. The van der Waals surface area contributed by atoms with Crippen molar-refractivity contribution in [2.24, 2.45) is 0 Å². The lowest BCUT2D eigenvalue weighted by atomic mass is 10.1.